The quantitative estimate of drug-likeness (QED) is 0.241. The number of carboxylic acid groups (broad SMARTS) is 2. The van der Waals surface area contributed by atoms with Crippen molar-refractivity contribution in [2.75, 3.05) is 13.1 Å². The third-order valence-corrected chi connectivity index (χ3v) is 1.72. The molecule has 0 saturated carbocycles. The molecular formula is C8H17K3N2O6S2. The van der Waals surface area contributed by atoms with Crippen LogP contribution in [0.2, 0.25) is 0 Å². The van der Waals surface area contributed by atoms with Crippen LogP contribution in [0.5, 0.6) is 0 Å². The van der Waals surface area contributed by atoms with Gasteiger partial charge in [0.1, 0.15) is 0 Å². The zero-order valence-electron chi connectivity index (χ0n) is 9.27. The van der Waals surface area contributed by atoms with E-state index in [9.17, 15) is 9.59 Å². The van der Waals surface area contributed by atoms with Gasteiger partial charge in [0.2, 0.25) is 0 Å². The zero-order chi connectivity index (χ0) is 14.7. The van der Waals surface area contributed by atoms with Gasteiger partial charge in [-0.2, -0.15) is 0 Å². The van der Waals surface area contributed by atoms with Crippen molar-refractivity contribution in [2.24, 2.45) is 5.73 Å². The summed E-state index contributed by atoms with van der Waals surface area (Å²) < 4.78 is 0. The van der Waals surface area contributed by atoms with Crippen LogP contribution in [0.3, 0.4) is 0 Å². The Morgan fingerprint density at radius 1 is 0.857 bits per heavy atom. The van der Waals surface area contributed by atoms with Crippen molar-refractivity contribution < 1.29 is 30.0 Å². The summed E-state index contributed by atoms with van der Waals surface area (Å²) in [6, 6.07) is 0. The van der Waals surface area contributed by atoms with Gasteiger partial charge in [-0.25, -0.2) is 0 Å². The summed E-state index contributed by atoms with van der Waals surface area (Å²) in [7, 11) is 0. The second kappa shape index (κ2) is 23.2. The molecular weight excluding hydrogens is 402 g/mol. The van der Waals surface area contributed by atoms with Gasteiger partial charge in [0.25, 0.3) is 10.3 Å². The van der Waals surface area contributed by atoms with Crippen molar-refractivity contribution in [3.8, 4) is 0 Å². The molecule has 0 aromatic carbocycles. The van der Waals surface area contributed by atoms with Gasteiger partial charge in [0.15, 0.2) is 0 Å². The summed E-state index contributed by atoms with van der Waals surface area (Å²) >= 11 is 8.29. The third kappa shape index (κ3) is 35.3. The SMILES string of the molecule is NC(O)=S.O=C(O)CCN(CCC(=O)O)C(O)=S.[KH].[KH].[KH]. The summed E-state index contributed by atoms with van der Waals surface area (Å²) in [4.78, 5) is 21.5. The Morgan fingerprint density at radius 2 is 1.10 bits per heavy atom. The van der Waals surface area contributed by atoms with Crippen LogP contribution in [0.15, 0.2) is 0 Å². The fourth-order valence-corrected chi connectivity index (χ4v) is 0.947. The molecule has 0 aromatic heterocycles. The fourth-order valence-electron chi connectivity index (χ4n) is 0.764. The molecule has 21 heavy (non-hydrogen) atoms. The normalized spacial score (nSPS) is 7.43. The van der Waals surface area contributed by atoms with E-state index in [0.717, 1.165) is 4.90 Å². The van der Waals surface area contributed by atoms with Crippen LogP contribution < -0.4 is 5.73 Å². The molecule has 0 aliphatic heterocycles. The monoisotopic (exact) mass is 418 g/mol. The van der Waals surface area contributed by atoms with E-state index in [1.807, 2.05) is 0 Å². The summed E-state index contributed by atoms with van der Waals surface area (Å²) in [6.07, 6.45) is -0.388. The van der Waals surface area contributed by atoms with Gasteiger partial charge >= 0.3 is 166 Å². The van der Waals surface area contributed by atoms with Crippen molar-refractivity contribution in [1.29, 1.82) is 0 Å². The van der Waals surface area contributed by atoms with Gasteiger partial charge in [-0.3, -0.25) is 9.59 Å². The number of aliphatic hydroxyl groups excluding tert-OH is 2. The Balaban J connectivity index is -0.000000108. The first-order chi connectivity index (χ1) is 8.16. The van der Waals surface area contributed by atoms with Crippen LogP contribution >= 0.6 is 24.4 Å². The van der Waals surface area contributed by atoms with E-state index >= 15 is 0 Å². The molecule has 0 atom stereocenters. The number of nitrogens with zero attached hydrogens (tertiary/aromatic N) is 1. The van der Waals surface area contributed by atoms with Crippen LogP contribution in [0, 0.1) is 0 Å². The Morgan fingerprint density at radius 3 is 1.24 bits per heavy atom. The van der Waals surface area contributed by atoms with Gasteiger partial charge in [0.05, 0.1) is 12.8 Å². The minimum absolute atomic E-state index is 0. The molecule has 0 saturated heterocycles. The number of carboxylic acids is 2. The van der Waals surface area contributed by atoms with Crippen LogP contribution in [-0.4, -0.2) is 215 Å². The molecule has 0 rings (SSSR count). The van der Waals surface area contributed by atoms with Crippen LogP contribution in [-0.2, 0) is 9.59 Å². The van der Waals surface area contributed by atoms with E-state index in [4.69, 9.17) is 20.4 Å². The third-order valence-electron chi connectivity index (χ3n) is 1.46. The predicted molar refractivity (Wildman–Crippen MR) is 92.2 cm³/mol. The standard InChI is InChI=1S/C7H11NO5S.CH3NOS.3K.3H/c9-5(10)1-3-8(7(13)14)4-2-6(11)12;2-1(3)4;;;;;;/h1-4H2,(H,9,10)(H,11,12)(H,13,14);(H3,2,3,4);;;;;;. The zero-order valence-corrected chi connectivity index (χ0v) is 10.9. The minimum atomic E-state index is -1.03. The van der Waals surface area contributed by atoms with E-state index in [1.165, 1.54) is 0 Å². The Hall–Kier alpha value is 3.23. The number of hydrogen-bond acceptors (Lipinski definition) is 4. The maximum atomic E-state index is 10.2. The summed E-state index contributed by atoms with van der Waals surface area (Å²) in [6.45, 7) is 0.0237. The van der Waals surface area contributed by atoms with Crippen molar-refractivity contribution in [2.45, 2.75) is 12.8 Å². The Kier molecular flexibility index (Phi) is 39.1. The molecule has 13 heteroatoms. The Bertz CT molecular complexity index is 313. The summed E-state index contributed by atoms with van der Waals surface area (Å²) in [5, 5.41) is 32.2. The van der Waals surface area contributed by atoms with E-state index in [0.29, 0.717) is 0 Å². The second-order valence-corrected chi connectivity index (χ2v) is 3.68. The van der Waals surface area contributed by atoms with Crippen LogP contribution in [0.1, 0.15) is 12.8 Å². The number of thiocarbonyl (C=S) groups is 2. The number of aliphatic hydroxyl groups is 2. The van der Waals surface area contributed by atoms with Crippen molar-refractivity contribution in [3.05, 3.63) is 0 Å². The number of nitrogens with two attached hydrogens (primary N) is 1. The molecule has 8 nitrogen and oxygen atoms in total. The molecule has 0 fully saturated rings. The molecule has 110 valence electrons. The van der Waals surface area contributed by atoms with Crippen molar-refractivity contribution >= 4 is 201 Å². The Labute approximate surface area is 260 Å². The molecule has 0 unspecified atom stereocenters. The topological polar surface area (TPSA) is 144 Å². The van der Waals surface area contributed by atoms with E-state index in [2.05, 4.69) is 30.2 Å². The first-order valence-corrected chi connectivity index (χ1v) is 5.38. The average Bonchev–Trinajstić information content (AvgIpc) is 2.14. The van der Waals surface area contributed by atoms with E-state index in [1.54, 1.807) is 0 Å². The number of aliphatic carboxylic acids is 2. The molecule has 0 aliphatic rings. The number of rotatable bonds is 6. The summed E-state index contributed by atoms with van der Waals surface area (Å²) in [5.74, 6) is -2.05. The van der Waals surface area contributed by atoms with E-state index in [-0.39, 0.29) is 180 Å². The summed E-state index contributed by atoms with van der Waals surface area (Å²) in [5.41, 5.74) is 4.40. The van der Waals surface area contributed by atoms with Gasteiger partial charge in [-0.1, -0.05) is 0 Å². The van der Waals surface area contributed by atoms with Crippen molar-refractivity contribution in [3.63, 3.8) is 0 Å². The molecule has 0 bridgehead atoms. The number of hydrogen-bond donors (Lipinski definition) is 5. The fraction of sp³-hybridized carbons (Fsp3) is 0.500. The molecule has 0 heterocycles. The van der Waals surface area contributed by atoms with Gasteiger partial charge in [0, 0.05) is 13.1 Å². The van der Waals surface area contributed by atoms with Crippen LogP contribution in [0.4, 0.5) is 0 Å². The first kappa shape index (κ1) is 35.4. The van der Waals surface area contributed by atoms with E-state index < -0.39 is 22.3 Å². The van der Waals surface area contributed by atoms with Gasteiger partial charge in [-0.05, 0) is 24.4 Å². The molecule has 6 N–H and O–H groups in total. The second-order valence-electron chi connectivity index (χ2n) is 2.90. The maximum absolute atomic E-state index is 10.2. The van der Waals surface area contributed by atoms with Gasteiger partial charge < -0.3 is 31.1 Å². The molecule has 0 radical (unpaired) electrons. The molecule has 0 aromatic rings. The first-order valence-electron chi connectivity index (χ1n) is 4.56. The number of carbonyl (C=O) groups is 2. The van der Waals surface area contributed by atoms with Crippen molar-refractivity contribution in [1.82, 2.24) is 4.90 Å². The predicted octanol–water partition coefficient (Wildman–Crippen LogP) is -2.08. The van der Waals surface area contributed by atoms with Crippen LogP contribution in [0.25, 0.3) is 0 Å². The molecule has 0 aliphatic carbocycles. The molecule has 0 spiro atoms. The average molecular weight is 419 g/mol. The molecule has 0 amide bonds. The van der Waals surface area contributed by atoms with Gasteiger partial charge in [-0.15, -0.1) is 0 Å².